The monoisotopic (exact) mass is 325 g/mol. The summed E-state index contributed by atoms with van der Waals surface area (Å²) < 4.78 is 11.2. The van der Waals surface area contributed by atoms with Crippen LogP contribution in [0.4, 0.5) is 0 Å². The summed E-state index contributed by atoms with van der Waals surface area (Å²) in [7, 11) is 0. The molecule has 1 atom stereocenters. The Balaban J connectivity index is 1.57. The van der Waals surface area contributed by atoms with Gasteiger partial charge < -0.3 is 20.1 Å². The van der Waals surface area contributed by atoms with Crippen molar-refractivity contribution in [2.24, 2.45) is 10.4 Å². The Morgan fingerprint density at radius 3 is 2.78 bits per heavy atom. The summed E-state index contributed by atoms with van der Waals surface area (Å²) in [5.74, 6) is 0.944. The van der Waals surface area contributed by atoms with Crippen molar-refractivity contribution in [3.8, 4) is 0 Å². The van der Waals surface area contributed by atoms with E-state index in [1.807, 2.05) is 0 Å². The molecule has 0 aromatic rings. The number of rotatable bonds is 9. The molecule has 2 aliphatic rings. The third kappa shape index (κ3) is 7.08. The Kier molecular flexibility index (Phi) is 8.17. The van der Waals surface area contributed by atoms with E-state index in [1.54, 1.807) is 0 Å². The van der Waals surface area contributed by atoms with Crippen molar-refractivity contribution in [2.75, 3.05) is 39.5 Å². The average molecular weight is 325 g/mol. The predicted molar refractivity (Wildman–Crippen MR) is 95.0 cm³/mol. The van der Waals surface area contributed by atoms with Crippen LogP contribution in [0.1, 0.15) is 58.8 Å². The molecule has 23 heavy (non-hydrogen) atoms. The highest BCUT2D eigenvalue weighted by atomic mass is 16.5. The zero-order valence-corrected chi connectivity index (χ0v) is 15.0. The van der Waals surface area contributed by atoms with E-state index in [0.29, 0.717) is 11.5 Å². The van der Waals surface area contributed by atoms with Gasteiger partial charge in [0, 0.05) is 32.8 Å². The first kappa shape index (κ1) is 18.5. The fraction of sp³-hybridized carbons (Fsp3) is 0.944. The van der Waals surface area contributed by atoms with E-state index in [9.17, 15) is 0 Å². The zero-order valence-electron chi connectivity index (χ0n) is 15.0. The Morgan fingerprint density at radius 1 is 1.26 bits per heavy atom. The first-order valence-electron chi connectivity index (χ1n) is 9.43. The van der Waals surface area contributed by atoms with Crippen molar-refractivity contribution in [1.82, 2.24) is 10.6 Å². The van der Waals surface area contributed by atoms with Crippen molar-refractivity contribution in [3.05, 3.63) is 0 Å². The van der Waals surface area contributed by atoms with Gasteiger partial charge in [-0.25, -0.2) is 0 Å². The lowest BCUT2D eigenvalue weighted by Crippen LogP contribution is -2.39. The van der Waals surface area contributed by atoms with E-state index in [2.05, 4.69) is 24.5 Å². The van der Waals surface area contributed by atoms with Crippen molar-refractivity contribution >= 4 is 5.96 Å². The van der Waals surface area contributed by atoms with Gasteiger partial charge in [-0.1, -0.05) is 19.8 Å². The zero-order chi connectivity index (χ0) is 16.4. The van der Waals surface area contributed by atoms with Crippen LogP contribution in [0.25, 0.3) is 0 Å². The summed E-state index contributed by atoms with van der Waals surface area (Å²) in [4.78, 5) is 4.78. The first-order valence-corrected chi connectivity index (χ1v) is 9.43. The highest BCUT2D eigenvalue weighted by Gasteiger charge is 2.28. The number of nitrogens with one attached hydrogen (secondary N) is 2. The van der Waals surface area contributed by atoms with E-state index in [1.165, 1.54) is 32.1 Å². The van der Waals surface area contributed by atoms with Gasteiger partial charge >= 0.3 is 0 Å². The van der Waals surface area contributed by atoms with Crippen LogP contribution >= 0.6 is 0 Å². The lowest BCUT2D eigenvalue weighted by molar-refractivity contribution is 0.0168. The topological polar surface area (TPSA) is 54.9 Å². The number of hydrogen-bond donors (Lipinski definition) is 2. The molecule has 1 aliphatic heterocycles. The van der Waals surface area contributed by atoms with Crippen LogP contribution < -0.4 is 10.6 Å². The molecular formula is C18H35N3O2. The second-order valence-electron chi connectivity index (χ2n) is 7.20. The minimum Gasteiger partial charge on any atom is -0.379 e. The van der Waals surface area contributed by atoms with Crippen LogP contribution in [-0.2, 0) is 9.47 Å². The summed E-state index contributed by atoms with van der Waals surface area (Å²) >= 11 is 0. The molecule has 1 aliphatic carbocycles. The number of nitrogens with zero attached hydrogens (tertiary/aromatic N) is 1. The first-order chi connectivity index (χ1) is 11.2. The van der Waals surface area contributed by atoms with Gasteiger partial charge in [0.25, 0.3) is 0 Å². The normalized spacial score (nSPS) is 24.1. The van der Waals surface area contributed by atoms with Gasteiger partial charge in [-0.2, -0.15) is 0 Å². The fourth-order valence-corrected chi connectivity index (χ4v) is 3.37. The lowest BCUT2D eigenvalue weighted by Gasteiger charge is -2.21. The van der Waals surface area contributed by atoms with Crippen LogP contribution in [0.15, 0.2) is 4.99 Å². The summed E-state index contributed by atoms with van der Waals surface area (Å²) in [5.41, 5.74) is 0.409. The largest absolute Gasteiger partial charge is 0.379 e. The highest BCUT2D eigenvalue weighted by Crippen LogP contribution is 2.37. The van der Waals surface area contributed by atoms with E-state index >= 15 is 0 Å². The van der Waals surface area contributed by atoms with Crippen LogP contribution in [0, 0.1) is 5.41 Å². The van der Waals surface area contributed by atoms with Gasteiger partial charge in [-0.15, -0.1) is 0 Å². The average Bonchev–Trinajstić information content (AvgIpc) is 3.20. The Labute approximate surface area is 141 Å². The number of hydrogen-bond acceptors (Lipinski definition) is 3. The summed E-state index contributed by atoms with van der Waals surface area (Å²) in [6.45, 7) is 9.63. The quantitative estimate of drug-likeness (QED) is 0.389. The molecule has 1 heterocycles. The molecule has 0 amide bonds. The van der Waals surface area contributed by atoms with Crippen LogP contribution in [-0.4, -0.2) is 51.5 Å². The van der Waals surface area contributed by atoms with E-state index in [0.717, 1.165) is 58.3 Å². The maximum absolute atomic E-state index is 5.69. The predicted octanol–water partition coefficient (Wildman–Crippen LogP) is 2.71. The molecule has 1 saturated heterocycles. The third-order valence-electron chi connectivity index (χ3n) is 4.86. The molecule has 0 bridgehead atoms. The maximum atomic E-state index is 5.69. The highest BCUT2D eigenvalue weighted by molar-refractivity contribution is 5.79. The van der Waals surface area contributed by atoms with Gasteiger partial charge in [-0.3, -0.25) is 4.99 Å². The SMILES string of the molecule is CCNC(=NCC1(C)CCCC1)NCCCOCC1CCCO1. The van der Waals surface area contributed by atoms with E-state index in [4.69, 9.17) is 14.5 Å². The summed E-state index contributed by atoms with van der Waals surface area (Å²) in [5, 5.41) is 6.76. The summed E-state index contributed by atoms with van der Waals surface area (Å²) in [6.07, 6.45) is 8.99. The van der Waals surface area contributed by atoms with Crippen molar-refractivity contribution in [2.45, 2.75) is 64.9 Å². The van der Waals surface area contributed by atoms with Gasteiger partial charge in [0.15, 0.2) is 5.96 Å². The second-order valence-corrected chi connectivity index (χ2v) is 7.20. The van der Waals surface area contributed by atoms with Gasteiger partial charge in [0.05, 0.1) is 12.7 Å². The molecule has 2 rings (SSSR count). The minimum absolute atomic E-state index is 0.328. The molecule has 1 saturated carbocycles. The summed E-state index contributed by atoms with van der Waals surface area (Å²) in [6, 6.07) is 0. The minimum atomic E-state index is 0.328. The van der Waals surface area contributed by atoms with Crippen LogP contribution in [0.2, 0.25) is 0 Å². The number of guanidine groups is 1. The van der Waals surface area contributed by atoms with Crippen molar-refractivity contribution in [3.63, 3.8) is 0 Å². The molecule has 2 N–H and O–H groups in total. The van der Waals surface area contributed by atoms with Gasteiger partial charge in [0.2, 0.25) is 0 Å². The standard InChI is InChI=1S/C18H35N3O2/c1-3-19-17(21-15-18(2)9-4-5-10-18)20-11-7-12-22-14-16-8-6-13-23-16/h16H,3-15H2,1-2H3,(H2,19,20,21). The molecule has 0 aromatic heterocycles. The van der Waals surface area contributed by atoms with Crippen LogP contribution in [0.3, 0.4) is 0 Å². The second kappa shape index (κ2) is 10.1. The Bertz CT molecular complexity index is 348. The molecule has 0 spiro atoms. The number of ether oxygens (including phenoxy) is 2. The molecule has 2 fully saturated rings. The molecule has 0 aromatic carbocycles. The Morgan fingerprint density at radius 2 is 2.09 bits per heavy atom. The fourth-order valence-electron chi connectivity index (χ4n) is 3.37. The molecule has 1 unspecified atom stereocenters. The van der Waals surface area contributed by atoms with E-state index in [-0.39, 0.29) is 0 Å². The van der Waals surface area contributed by atoms with Gasteiger partial charge in [0.1, 0.15) is 0 Å². The molecule has 5 heteroatoms. The molecule has 5 nitrogen and oxygen atoms in total. The number of aliphatic imine (C=N–C) groups is 1. The van der Waals surface area contributed by atoms with Crippen LogP contribution in [0.5, 0.6) is 0 Å². The molecule has 0 radical (unpaired) electrons. The Hall–Kier alpha value is -0.810. The maximum Gasteiger partial charge on any atom is 0.191 e. The third-order valence-corrected chi connectivity index (χ3v) is 4.86. The van der Waals surface area contributed by atoms with Gasteiger partial charge in [-0.05, 0) is 44.4 Å². The lowest BCUT2D eigenvalue weighted by atomic mass is 9.89. The van der Waals surface area contributed by atoms with E-state index < -0.39 is 0 Å². The van der Waals surface area contributed by atoms with Crippen molar-refractivity contribution < 1.29 is 9.47 Å². The smallest absolute Gasteiger partial charge is 0.191 e. The molecule has 134 valence electrons. The van der Waals surface area contributed by atoms with Crippen molar-refractivity contribution in [1.29, 1.82) is 0 Å². The molecular weight excluding hydrogens is 290 g/mol.